The summed E-state index contributed by atoms with van der Waals surface area (Å²) in [5.41, 5.74) is 5.48. The van der Waals surface area contributed by atoms with E-state index < -0.39 is 17.5 Å². The van der Waals surface area contributed by atoms with E-state index in [0.29, 0.717) is 16.8 Å². The van der Waals surface area contributed by atoms with E-state index >= 15 is 0 Å². The van der Waals surface area contributed by atoms with Crippen molar-refractivity contribution in [2.45, 2.75) is 12.1 Å². The van der Waals surface area contributed by atoms with Crippen LogP contribution in [0.4, 0.5) is 5.95 Å². The van der Waals surface area contributed by atoms with Gasteiger partial charge in [-0.25, -0.2) is 14.8 Å². The van der Waals surface area contributed by atoms with Crippen molar-refractivity contribution in [3.63, 3.8) is 0 Å². The van der Waals surface area contributed by atoms with E-state index in [-0.39, 0.29) is 11.6 Å². The third kappa shape index (κ3) is 3.00. The van der Waals surface area contributed by atoms with Gasteiger partial charge in [0.05, 0.1) is 10.2 Å². The molecule has 0 bridgehead atoms. The van der Waals surface area contributed by atoms with Crippen LogP contribution in [0, 0.1) is 0 Å². The standard InChI is InChI=1S/C17H13N5O3S/c18-15(24)17(4-5-17)25-14(23)12-13-11(3-7-26-13)21-16(22-12)20-9-10-2-1-6-19-8-10/h1-8H,9H2,(H2,18,24)(H,20,21,22). The normalized spacial score (nSPS) is 14.2. The minimum absolute atomic E-state index is 0.0908. The number of nitrogens with one attached hydrogen (secondary N) is 1. The Balaban J connectivity index is 1.60. The molecule has 0 saturated heterocycles. The predicted molar refractivity (Wildman–Crippen MR) is 95.5 cm³/mol. The highest BCUT2D eigenvalue weighted by Gasteiger charge is 2.45. The third-order valence-corrected chi connectivity index (χ3v) is 4.70. The fourth-order valence-electron chi connectivity index (χ4n) is 2.32. The Hall–Kier alpha value is -3.33. The van der Waals surface area contributed by atoms with E-state index in [1.165, 1.54) is 23.5 Å². The van der Waals surface area contributed by atoms with Crippen LogP contribution >= 0.6 is 11.3 Å². The van der Waals surface area contributed by atoms with E-state index in [1.54, 1.807) is 23.8 Å². The molecule has 3 aromatic rings. The molecule has 0 aliphatic heterocycles. The van der Waals surface area contributed by atoms with E-state index in [9.17, 15) is 9.59 Å². The number of hydrogen-bond donors (Lipinski definition) is 2. The molecule has 1 amide bonds. The molecule has 0 atom stereocenters. The Morgan fingerprint density at radius 3 is 2.81 bits per heavy atom. The minimum Gasteiger partial charge on any atom is -0.435 e. The maximum Gasteiger partial charge on any atom is 0.360 e. The summed E-state index contributed by atoms with van der Waals surface area (Å²) in [6.07, 6.45) is 6.27. The highest BCUT2D eigenvalue weighted by Crippen LogP contribution is 2.31. The molecule has 3 N–H and O–H groups in total. The molecule has 0 aromatic carbocycles. The number of primary amides is 1. The fourth-order valence-corrected chi connectivity index (χ4v) is 3.13. The van der Waals surface area contributed by atoms with Crippen LogP contribution in [-0.2, 0) is 16.1 Å². The lowest BCUT2D eigenvalue weighted by Crippen LogP contribution is -2.37. The van der Waals surface area contributed by atoms with Crippen molar-refractivity contribution >= 4 is 39.4 Å². The fraction of sp³-hybridized carbons (Fsp3) is 0.118. The molecule has 3 aromatic heterocycles. The lowest BCUT2D eigenvalue weighted by Gasteiger charge is -2.13. The summed E-state index contributed by atoms with van der Waals surface area (Å²) in [6, 6.07) is 5.52. The molecular weight excluding hydrogens is 354 g/mol. The maximum atomic E-state index is 12.6. The van der Waals surface area contributed by atoms with Crippen molar-refractivity contribution in [1.82, 2.24) is 15.0 Å². The molecule has 0 radical (unpaired) electrons. The Labute approximate surface area is 151 Å². The van der Waals surface area contributed by atoms with E-state index in [2.05, 4.69) is 20.3 Å². The average molecular weight is 367 g/mol. The second kappa shape index (κ2) is 6.19. The number of rotatable bonds is 6. The lowest BCUT2D eigenvalue weighted by molar-refractivity contribution is -0.127. The second-order valence-electron chi connectivity index (χ2n) is 5.63. The number of aromatic nitrogens is 3. The second-order valence-corrected chi connectivity index (χ2v) is 6.54. The van der Waals surface area contributed by atoms with Gasteiger partial charge in [0.15, 0.2) is 5.69 Å². The summed E-state index contributed by atoms with van der Waals surface area (Å²) in [4.78, 5) is 36.7. The quantitative estimate of drug-likeness (QED) is 0.502. The molecule has 0 fully saturated rings. The number of pyridine rings is 1. The molecule has 0 saturated carbocycles. The summed E-state index contributed by atoms with van der Waals surface area (Å²) in [7, 11) is 0. The molecule has 0 spiro atoms. The van der Waals surface area contributed by atoms with Gasteiger partial charge in [-0.2, -0.15) is 0 Å². The highest BCUT2D eigenvalue weighted by atomic mass is 32.1. The van der Waals surface area contributed by atoms with Crippen molar-refractivity contribution in [3.8, 4) is 0 Å². The topological polar surface area (TPSA) is 120 Å². The van der Waals surface area contributed by atoms with Crippen LogP contribution in [0.15, 0.2) is 48.1 Å². The number of fused-ring (bicyclic) bond motifs is 1. The molecule has 26 heavy (non-hydrogen) atoms. The number of esters is 1. The zero-order chi connectivity index (χ0) is 18.1. The first-order chi connectivity index (χ1) is 12.6. The van der Waals surface area contributed by atoms with Crippen molar-refractivity contribution in [2.24, 2.45) is 5.73 Å². The maximum absolute atomic E-state index is 12.6. The van der Waals surface area contributed by atoms with Crippen LogP contribution in [0.25, 0.3) is 10.2 Å². The molecule has 130 valence electrons. The molecule has 0 unspecified atom stereocenters. The van der Waals surface area contributed by atoms with Crippen LogP contribution < -0.4 is 11.1 Å². The molecule has 9 heteroatoms. The van der Waals surface area contributed by atoms with Gasteiger partial charge in [-0.05, 0) is 35.2 Å². The van der Waals surface area contributed by atoms with E-state index in [0.717, 1.165) is 5.56 Å². The van der Waals surface area contributed by atoms with Crippen LogP contribution in [-0.4, -0.2) is 32.4 Å². The van der Waals surface area contributed by atoms with Gasteiger partial charge in [0, 0.05) is 18.9 Å². The molecule has 8 nitrogen and oxygen atoms in total. The molecular formula is C17H13N5O3S. The van der Waals surface area contributed by atoms with Crippen LogP contribution in [0.3, 0.4) is 0 Å². The Kier molecular flexibility index (Phi) is 3.85. The van der Waals surface area contributed by atoms with Crippen molar-refractivity contribution in [1.29, 1.82) is 0 Å². The zero-order valence-electron chi connectivity index (χ0n) is 13.4. The Morgan fingerprint density at radius 2 is 2.12 bits per heavy atom. The predicted octanol–water partition coefficient (Wildman–Crippen LogP) is 1.65. The monoisotopic (exact) mass is 367 g/mol. The number of carbonyl (C=O) groups is 2. The largest absolute Gasteiger partial charge is 0.435 e. The number of thiophene rings is 1. The SMILES string of the molecule is NC(=O)C1(OC(=O)c2nc(NCc3cccnc3)nc3ccsc23)C=C1. The van der Waals surface area contributed by atoms with Gasteiger partial charge in [-0.3, -0.25) is 9.78 Å². The first kappa shape index (κ1) is 16.2. The first-order valence-electron chi connectivity index (χ1n) is 7.69. The van der Waals surface area contributed by atoms with Gasteiger partial charge in [0.25, 0.3) is 5.91 Å². The van der Waals surface area contributed by atoms with Crippen LogP contribution in [0.1, 0.15) is 16.1 Å². The summed E-state index contributed by atoms with van der Waals surface area (Å²) in [5, 5.41) is 4.87. The number of anilines is 1. The molecule has 1 aliphatic carbocycles. The van der Waals surface area contributed by atoms with Gasteiger partial charge in [0.1, 0.15) is 0 Å². The summed E-state index contributed by atoms with van der Waals surface area (Å²) in [6.45, 7) is 0.449. The van der Waals surface area contributed by atoms with E-state index in [1.807, 2.05) is 12.1 Å². The number of hydrogen-bond acceptors (Lipinski definition) is 8. The van der Waals surface area contributed by atoms with Gasteiger partial charge in [0.2, 0.25) is 11.5 Å². The highest BCUT2D eigenvalue weighted by molar-refractivity contribution is 7.17. The Bertz CT molecular complexity index is 1030. The van der Waals surface area contributed by atoms with E-state index in [4.69, 9.17) is 10.5 Å². The molecule has 4 rings (SSSR count). The van der Waals surface area contributed by atoms with Crippen molar-refractivity contribution in [3.05, 3.63) is 59.4 Å². The zero-order valence-corrected chi connectivity index (χ0v) is 14.2. The van der Waals surface area contributed by atoms with Gasteiger partial charge in [-0.1, -0.05) is 6.07 Å². The average Bonchev–Trinajstić information content (AvgIpc) is 3.28. The smallest absolute Gasteiger partial charge is 0.360 e. The summed E-state index contributed by atoms with van der Waals surface area (Å²) in [5.74, 6) is -1.19. The lowest BCUT2D eigenvalue weighted by atomic mass is 10.2. The summed E-state index contributed by atoms with van der Waals surface area (Å²) >= 11 is 1.32. The Morgan fingerprint density at radius 1 is 1.27 bits per heavy atom. The number of carbonyl (C=O) groups excluding carboxylic acids is 2. The number of nitrogens with two attached hydrogens (primary N) is 1. The number of amides is 1. The molecule has 3 heterocycles. The van der Waals surface area contributed by atoms with Crippen molar-refractivity contribution < 1.29 is 14.3 Å². The molecule has 1 aliphatic rings. The summed E-state index contributed by atoms with van der Waals surface area (Å²) < 4.78 is 5.83. The van der Waals surface area contributed by atoms with Crippen LogP contribution in [0.5, 0.6) is 0 Å². The minimum atomic E-state index is -1.44. The van der Waals surface area contributed by atoms with Crippen molar-refractivity contribution in [2.75, 3.05) is 5.32 Å². The third-order valence-electron chi connectivity index (χ3n) is 3.79. The van der Waals surface area contributed by atoms with Gasteiger partial charge in [-0.15, -0.1) is 11.3 Å². The number of nitrogens with zero attached hydrogens (tertiary/aromatic N) is 3. The first-order valence-corrected chi connectivity index (χ1v) is 8.57. The van der Waals surface area contributed by atoms with Gasteiger partial charge < -0.3 is 15.8 Å². The van der Waals surface area contributed by atoms with Crippen LogP contribution in [0.2, 0.25) is 0 Å². The number of ether oxygens (including phenoxy) is 1. The van der Waals surface area contributed by atoms with Gasteiger partial charge >= 0.3 is 5.97 Å².